The van der Waals surface area contributed by atoms with E-state index in [2.05, 4.69) is 18.7 Å². The van der Waals surface area contributed by atoms with Crippen LogP contribution >= 0.6 is 0 Å². The number of hydrogen-bond donors (Lipinski definition) is 1. The molecule has 6 heteroatoms. The zero-order valence-electron chi connectivity index (χ0n) is 16.9. The third kappa shape index (κ3) is 6.09. The van der Waals surface area contributed by atoms with Gasteiger partial charge in [-0.2, -0.15) is 0 Å². The minimum Gasteiger partial charge on any atom is -0.545 e. The van der Waals surface area contributed by atoms with Crippen LogP contribution < -0.4 is 39.6 Å². The number of benzene rings is 2. The van der Waals surface area contributed by atoms with Gasteiger partial charge in [0.15, 0.2) is 5.78 Å². The summed E-state index contributed by atoms with van der Waals surface area (Å²) in [5, 5.41) is 21.7. The van der Waals surface area contributed by atoms with E-state index in [0.717, 1.165) is 44.5 Å². The van der Waals surface area contributed by atoms with Gasteiger partial charge < -0.3 is 19.9 Å². The largest absolute Gasteiger partial charge is 1.00 e. The first kappa shape index (κ1) is 24.2. The van der Waals surface area contributed by atoms with Crippen LogP contribution in [0.2, 0.25) is 0 Å². The molecule has 2 rings (SSSR count). The van der Waals surface area contributed by atoms with Gasteiger partial charge in [0.05, 0.1) is 11.5 Å². The van der Waals surface area contributed by atoms with Gasteiger partial charge in [-0.1, -0.05) is 51.0 Å². The van der Waals surface area contributed by atoms with Crippen molar-refractivity contribution in [3.05, 3.63) is 59.2 Å². The zero-order valence-corrected chi connectivity index (χ0v) is 18.9. The van der Waals surface area contributed by atoms with E-state index in [4.69, 9.17) is 0 Å². The van der Waals surface area contributed by atoms with Gasteiger partial charge in [-0.15, -0.1) is 0 Å². The number of anilines is 1. The minimum absolute atomic E-state index is 0. The van der Waals surface area contributed by atoms with E-state index in [9.17, 15) is 19.8 Å². The number of phenolic OH excluding ortho intramolecular Hbond substituents is 1. The van der Waals surface area contributed by atoms with Crippen LogP contribution in [0.1, 0.15) is 65.8 Å². The fraction of sp³-hybridized carbons (Fsp3) is 0.364. The zero-order chi connectivity index (χ0) is 19.8. The van der Waals surface area contributed by atoms with E-state index >= 15 is 0 Å². The van der Waals surface area contributed by atoms with Crippen LogP contribution in [0.4, 0.5) is 5.69 Å². The molecule has 2 aromatic carbocycles. The normalized spacial score (nSPS) is 10.2. The summed E-state index contributed by atoms with van der Waals surface area (Å²) >= 11 is 0. The second-order valence-electron chi connectivity index (χ2n) is 6.56. The summed E-state index contributed by atoms with van der Waals surface area (Å²) in [7, 11) is 0. The number of aromatic carboxylic acids is 1. The van der Waals surface area contributed by atoms with Gasteiger partial charge in [0.25, 0.3) is 0 Å². The molecule has 0 saturated carbocycles. The number of carbonyl (C=O) groups excluding carboxylic acids is 2. The van der Waals surface area contributed by atoms with E-state index in [0.29, 0.717) is 0 Å². The number of aromatic hydroxyl groups is 1. The molecule has 28 heavy (non-hydrogen) atoms. The van der Waals surface area contributed by atoms with Crippen molar-refractivity contribution in [3.63, 3.8) is 0 Å². The number of phenols is 1. The standard InChI is InChI=1S/C22H27NO4.Na/c1-3-5-13-23(14-6-4-2)16-11-12-19(20(24)15-16)21(25)17-9-7-8-10-18(17)22(26)27;/h7-12,15,24H,3-6,13-14H2,1-2H3,(H,26,27);/q;+1/p-1. The summed E-state index contributed by atoms with van der Waals surface area (Å²) in [5.41, 5.74) is 0.769. The molecule has 0 atom stereocenters. The molecule has 0 fully saturated rings. The molecule has 0 aliphatic heterocycles. The number of unbranched alkanes of at least 4 members (excludes halogenated alkanes) is 2. The Labute approximate surface area is 188 Å². The second-order valence-corrected chi connectivity index (χ2v) is 6.56. The fourth-order valence-electron chi connectivity index (χ4n) is 2.98. The van der Waals surface area contributed by atoms with Gasteiger partial charge in [-0.25, -0.2) is 0 Å². The van der Waals surface area contributed by atoms with Crippen LogP contribution in [-0.2, 0) is 0 Å². The first-order valence-electron chi connectivity index (χ1n) is 9.42. The van der Waals surface area contributed by atoms with Crippen LogP contribution in [0.15, 0.2) is 42.5 Å². The average Bonchev–Trinajstić information content (AvgIpc) is 2.67. The van der Waals surface area contributed by atoms with Crippen molar-refractivity contribution in [1.29, 1.82) is 0 Å². The summed E-state index contributed by atoms with van der Waals surface area (Å²) in [4.78, 5) is 26.2. The fourth-order valence-corrected chi connectivity index (χ4v) is 2.98. The van der Waals surface area contributed by atoms with Gasteiger partial charge in [-0.3, -0.25) is 4.79 Å². The van der Waals surface area contributed by atoms with Crippen LogP contribution in [0.5, 0.6) is 5.75 Å². The summed E-state index contributed by atoms with van der Waals surface area (Å²) in [6.07, 6.45) is 4.24. The van der Waals surface area contributed by atoms with Crippen molar-refractivity contribution in [2.75, 3.05) is 18.0 Å². The van der Waals surface area contributed by atoms with Crippen molar-refractivity contribution in [2.45, 2.75) is 39.5 Å². The molecule has 0 aliphatic rings. The quantitative estimate of drug-likeness (QED) is 0.468. The van der Waals surface area contributed by atoms with Gasteiger partial charge in [0.2, 0.25) is 0 Å². The van der Waals surface area contributed by atoms with Gasteiger partial charge >= 0.3 is 29.6 Å². The molecular weight excluding hydrogens is 365 g/mol. The second kappa shape index (κ2) is 11.9. The van der Waals surface area contributed by atoms with E-state index in [-0.39, 0.29) is 52.0 Å². The molecule has 0 spiro atoms. The Balaban J connectivity index is 0.00000392. The van der Waals surface area contributed by atoms with Crippen molar-refractivity contribution >= 4 is 17.4 Å². The van der Waals surface area contributed by atoms with E-state index in [1.54, 1.807) is 24.3 Å². The van der Waals surface area contributed by atoms with E-state index in [1.165, 1.54) is 18.2 Å². The Bertz CT molecular complexity index is 799. The minimum atomic E-state index is -1.42. The molecule has 0 unspecified atom stereocenters. The van der Waals surface area contributed by atoms with Crippen molar-refractivity contribution in [3.8, 4) is 5.75 Å². The third-order valence-electron chi connectivity index (χ3n) is 4.55. The summed E-state index contributed by atoms with van der Waals surface area (Å²) < 4.78 is 0. The van der Waals surface area contributed by atoms with Gasteiger partial charge in [-0.05, 0) is 25.0 Å². The maximum atomic E-state index is 12.8. The number of carbonyl (C=O) groups is 2. The van der Waals surface area contributed by atoms with Crippen molar-refractivity contribution in [1.82, 2.24) is 0 Å². The van der Waals surface area contributed by atoms with E-state index in [1.807, 2.05) is 0 Å². The van der Waals surface area contributed by atoms with Gasteiger partial charge in [0, 0.05) is 36.0 Å². The number of hydrogen-bond acceptors (Lipinski definition) is 5. The SMILES string of the molecule is CCCCN(CCCC)c1ccc(C(=O)c2ccccc2C(=O)[O-])c(O)c1.[Na+]. The Morgan fingerprint density at radius 3 is 2.00 bits per heavy atom. The number of carboxylic acid groups (broad SMARTS) is 1. The Morgan fingerprint density at radius 1 is 0.929 bits per heavy atom. The molecule has 2 aromatic rings. The first-order chi connectivity index (χ1) is 13.0. The van der Waals surface area contributed by atoms with Crippen molar-refractivity contribution in [2.24, 2.45) is 0 Å². The molecule has 0 radical (unpaired) electrons. The Morgan fingerprint density at radius 2 is 1.50 bits per heavy atom. The number of rotatable bonds is 10. The summed E-state index contributed by atoms with van der Waals surface area (Å²) in [6.45, 7) is 6.03. The Kier molecular flexibility index (Phi) is 10.3. The average molecular weight is 391 g/mol. The molecule has 1 N–H and O–H groups in total. The first-order valence-corrected chi connectivity index (χ1v) is 9.42. The monoisotopic (exact) mass is 391 g/mol. The Hall–Kier alpha value is -1.82. The van der Waals surface area contributed by atoms with Crippen LogP contribution in [0, 0.1) is 0 Å². The predicted octanol–water partition coefficient (Wildman–Crippen LogP) is 0.397. The molecule has 144 valence electrons. The molecule has 0 amide bonds. The number of nitrogens with zero attached hydrogens (tertiary/aromatic N) is 1. The molecular formula is C22H26NNaO4. The maximum Gasteiger partial charge on any atom is 1.00 e. The summed E-state index contributed by atoms with van der Waals surface area (Å²) in [5.74, 6) is -2.10. The molecule has 0 aromatic heterocycles. The molecule has 0 heterocycles. The summed E-state index contributed by atoms with van der Waals surface area (Å²) in [6, 6.07) is 10.8. The molecule has 5 nitrogen and oxygen atoms in total. The molecule has 0 bridgehead atoms. The van der Waals surface area contributed by atoms with Crippen molar-refractivity contribution < 1.29 is 49.4 Å². The number of carboxylic acids is 1. The van der Waals surface area contributed by atoms with Crippen LogP contribution in [-0.4, -0.2) is 29.9 Å². The smallest absolute Gasteiger partial charge is 0.545 e. The van der Waals surface area contributed by atoms with E-state index < -0.39 is 11.8 Å². The molecule has 0 aliphatic carbocycles. The van der Waals surface area contributed by atoms with Gasteiger partial charge in [0.1, 0.15) is 5.75 Å². The third-order valence-corrected chi connectivity index (χ3v) is 4.55. The molecule has 0 saturated heterocycles. The topological polar surface area (TPSA) is 80.7 Å². The number of ketones is 1. The predicted molar refractivity (Wildman–Crippen MR) is 104 cm³/mol. The maximum absolute atomic E-state index is 12.8. The van der Waals surface area contributed by atoms with Crippen LogP contribution in [0.25, 0.3) is 0 Å². The van der Waals surface area contributed by atoms with Crippen LogP contribution in [0.3, 0.4) is 0 Å².